The van der Waals surface area contributed by atoms with Crippen LogP contribution in [0.2, 0.25) is 0 Å². The average molecular weight is 107 g/mol. The second-order valence-electron chi connectivity index (χ2n) is 0.599. The van der Waals surface area contributed by atoms with Crippen molar-refractivity contribution in [2.45, 2.75) is 0 Å². The number of aromatic amines is 1. The summed E-state index contributed by atoms with van der Waals surface area (Å²) in [7, 11) is 0. The predicted octanol–water partition coefficient (Wildman–Crippen LogP) is -0.776. The molecule has 1 rings (SSSR count). The number of nitrogens with zero attached hydrogens (tertiary/aromatic N) is 2. The second kappa shape index (κ2) is 3.95. The Labute approximate surface area is 78.0 Å². The van der Waals surface area contributed by atoms with E-state index in [9.17, 15) is 0 Å². The van der Waals surface area contributed by atoms with Gasteiger partial charge in [-0.3, -0.25) is 5.10 Å². The van der Waals surface area contributed by atoms with Crippen molar-refractivity contribution in [2.24, 2.45) is 0 Å². The normalized spacial score (nSPS) is 6.67. The maximum absolute atomic E-state index is 3.43. The van der Waals surface area contributed by atoms with Gasteiger partial charge in [-0.15, -0.1) is 0 Å². The summed E-state index contributed by atoms with van der Waals surface area (Å²) in [5, 5.41) is 5.81. The van der Waals surface area contributed by atoms with Gasteiger partial charge < -0.3 is 10.1 Å². The Morgan fingerprint density at radius 1 is 1.67 bits per heavy atom. The van der Waals surface area contributed by atoms with Crippen molar-refractivity contribution in [3.8, 4) is 0 Å². The predicted molar refractivity (Wildman–Crippen MR) is 21.0 cm³/mol. The molecule has 1 radical (unpaired) electrons. The van der Waals surface area contributed by atoms with E-state index >= 15 is 0 Å². The van der Waals surface area contributed by atoms with E-state index < -0.39 is 0 Å². The van der Waals surface area contributed by atoms with Crippen LogP contribution in [0.3, 0.4) is 0 Å². The minimum Gasteiger partial charge on any atom is -0.421 e. The van der Waals surface area contributed by atoms with Crippen LogP contribution in [0.25, 0.3) is 0 Å². The summed E-state index contributed by atoms with van der Waals surface area (Å²) in [5.74, 6) is 0. The van der Waals surface area contributed by atoms with Gasteiger partial charge in [0, 0.05) is 51.4 Å². The zero-order chi connectivity index (χ0) is 3.54. The van der Waals surface area contributed by atoms with E-state index in [-0.39, 0.29) is 51.4 Å². The first-order valence-electron chi connectivity index (χ1n) is 1.22. The fourth-order valence-electron chi connectivity index (χ4n) is 0.144. The maximum atomic E-state index is 3.43. The van der Waals surface area contributed by atoms with Gasteiger partial charge in [0.15, 0.2) is 0 Å². The monoisotopic (exact) mass is 107 g/mol. The Kier molecular flexibility index (Phi) is 4.46. The fourth-order valence-corrected chi connectivity index (χ4v) is 0.144. The molecule has 0 aromatic carbocycles. The van der Waals surface area contributed by atoms with Crippen molar-refractivity contribution in [2.75, 3.05) is 0 Å². The van der Waals surface area contributed by atoms with Gasteiger partial charge in [-0.05, 0) is 12.7 Å². The van der Waals surface area contributed by atoms with Crippen molar-refractivity contribution in [1.29, 1.82) is 0 Å². The largest absolute Gasteiger partial charge is 0.421 e. The molecule has 3 nitrogen and oxygen atoms in total. The van der Waals surface area contributed by atoms with Gasteiger partial charge in [-0.2, -0.15) is 0 Å². The average Bonchev–Trinajstić information content (AvgIpc) is 1.76. The first-order chi connectivity index (χ1) is 2.50. The van der Waals surface area contributed by atoms with Gasteiger partial charge in [0.2, 0.25) is 0 Å². The molecule has 0 aliphatic rings. The standard InChI is InChI=1S/C2H2N3.K/c1-3-2-5-4-1;/h1H,(H,3,4,5);/q-1;. The topological polar surface area (TPSA) is 41.6 Å². The molecule has 0 atom stereocenters. The summed E-state index contributed by atoms with van der Waals surface area (Å²) in [6, 6.07) is 0. The zero-order valence-electron chi connectivity index (χ0n) is 3.47. The van der Waals surface area contributed by atoms with E-state index in [2.05, 4.69) is 21.5 Å². The molecular formula is C2H2KN3-. The first kappa shape index (κ1) is 6.78. The van der Waals surface area contributed by atoms with Gasteiger partial charge in [0.25, 0.3) is 0 Å². The van der Waals surface area contributed by atoms with E-state index in [4.69, 9.17) is 0 Å². The smallest absolute Gasteiger partial charge is 0 e. The molecule has 4 heteroatoms. The SMILES string of the molecule is [K].[c-]1nc[nH]n1. The van der Waals surface area contributed by atoms with Crippen molar-refractivity contribution in [3.63, 3.8) is 0 Å². The minimum atomic E-state index is 0. The van der Waals surface area contributed by atoms with Crippen molar-refractivity contribution < 1.29 is 0 Å². The first-order valence-corrected chi connectivity index (χ1v) is 1.22. The molecule has 0 aliphatic carbocycles. The Morgan fingerprint density at radius 3 is 2.67 bits per heavy atom. The second-order valence-corrected chi connectivity index (χ2v) is 0.599. The molecule has 0 amide bonds. The molecule has 6 heavy (non-hydrogen) atoms. The van der Waals surface area contributed by atoms with E-state index in [0.717, 1.165) is 0 Å². The summed E-state index contributed by atoms with van der Waals surface area (Å²) < 4.78 is 0. The molecular weight excluding hydrogens is 105 g/mol. The van der Waals surface area contributed by atoms with Crippen LogP contribution < -0.4 is 0 Å². The molecule has 1 aromatic heterocycles. The molecule has 1 aromatic rings. The van der Waals surface area contributed by atoms with Gasteiger partial charge in [0.05, 0.1) is 0 Å². The van der Waals surface area contributed by atoms with Crippen molar-refractivity contribution in [1.82, 2.24) is 15.2 Å². The van der Waals surface area contributed by atoms with Crippen molar-refractivity contribution >= 4 is 51.4 Å². The van der Waals surface area contributed by atoms with Gasteiger partial charge >= 0.3 is 0 Å². The molecule has 0 aliphatic heterocycles. The summed E-state index contributed by atoms with van der Waals surface area (Å²) in [6.07, 6.45) is 3.76. The van der Waals surface area contributed by atoms with E-state index in [0.29, 0.717) is 0 Å². The van der Waals surface area contributed by atoms with Crippen LogP contribution in [-0.4, -0.2) is 66.6 Å². The molecule has 0 saturated carbocycles. The van der Waals surface area contributed by atoms with Crippen LogP contribution in [0.15, 0.2) is 6.33 Å². The van der Waals surface area contributed by atoms with Crippen LogP contribution >= 0.6 is 0 Å². The van der Waals surface area contributed by atoms with Crippen LogP contribution in [0.1, 0.15) is 0 Å². The number of nitrogens with one attached hydrogen (secondary N) is 1. The van der Waals surface area contributed by atoms with Crippen molar-refractivity contribution in [3.05, 3.63) is 12.7 Å². The molecule has 0 spiro atoms. The maximum Gasteiger partial charge on any atom is 0 e. The Hall–Kier alpha value is 0.776. The summed E-state index contributed by atoms with van der Waals surface area (Å²) in [5.41, 5.74) is 0. The number of hydrogen-bond acceptors (Lipinski definition) is 2. The Bertz CT molecular complexity index is 65.3. The molecule has 0 bridgehead atoms. The Morgan fingerprint density at radius 2 is 2.50 bits per heavy atom. The number of H-pyrrole nitrogens is 1. The molecule has 1 N–H and O–H groups in total. The molecule has 0 fully saturated rings. The van der Waals surface area contributed by atoms with Crippen LogP contribution in [-0.2, 0) is 0 Å². The quantitative estimate of drug-likeness (QED) is 0.349. The summed E-state index contributed by atoms with van der Waals surface area (Å²) >= 11 is 0. The summed E-state index contributed by atoms with van der Waals surface area (Å²) in [4.78, 5) is 3.43. The zero-order valence-corrected chi connectivity index (χ0v) is 6.59. The number of hydrogen-bond donors (Lipinski definition) is 1. The third kappa shape index (κ3) is 2.04. The molecule has 0 saturated heterocycles. The third-order valence-electron chi connectivity index (χ3n) is 0.295. The molecule has 27 valence electrons. The fraction of sp³-hybridized carbons (Fsp3) is 0. The van der Waals surface area contributed by atoms with E-state index in [1.807, 2.05) is 0 Å². The van der Waals surface area contributed by atoms with E-state index in [1.165, 1.54) is 6.33 Å². The van der Waals surface area contributed by atoms with Gasteiger partial charge in [-0.1, -0.05) is 0 Å². The van der Waals surface area contributed by atoms with Gasteiger partial charge in [0.1, 0.15) is 0 Å². The third-order valence-corrected chi connectivity index (χ3v) is 0.295. The molecule has 1 heterocycles. The van der Waals surface area contributed by atoms with Crippen LogP contribution in [0.5, 0.6) is 0 Å². The Balaban J connectivity index is 0.000000250. The van der Waals surface area contributed by atoms with E-state index in [1.54, 1.807) is 0 Å². The number of rotatable bonds is 0. The number of aromatic nitrogens is 3. The minimum absolute atomic E-state index is 0. The van der Waals surface area contributed by atoms with Crippen LogP contribution in [0, 0.1) is 6.33 Å². The molecule has 0 unspecified atom stereocenters. The van der Waals surface area contributed by atoms with Gasteiger partial charge in [-0.25, -0.2) is 0 Å². The van der Waals surface area contributed by atoms with Crippen LogP contribution in [0.4, 0.5) is 0 Å². The summed E-state index contributed by atoms with van der Waals surface area (Å²) in [6.45, 7) is 0.